The van der Waals surface area contributed by atoms with E-state index in [1.54, 1.807) is 37.3 Å². The lowest BCUT2D eigenvalue weighted by Gasteiger charge is -2.17. The maximum absolute atomic E-state index is 14.6. The number of aliphatic imine (C=N–C) groups is 1. The summed E-state index contributed by atoms with van der Waals surface area (Å²) in [6, 6.07) is 12.3. The highest BCUT2D eigenvalue weighted by atomic mass is 32.1. The van der Waals surface area contributed by atoms with E-state index in [2.05, 4.69) is 37.5 Å². The Morgan fingerprint density at radius 2 is 1.59 bits per heavy atom. The van der Waals surface area contributed by atoms with Crippen molar-refractivity contribution in [2.45, 2.75) is 64.2 Å². The third-order valence-electron chi connectivity index (χ3n) is 7.42. The summed E-state index contributed by atoms with van der Waals surface area (Å²) in [4.78, 5) is 19.0. The van der Waals surface area contributed by atoms with Crippen molar-refractivity contribution in [3.05, 3.63) is 92.9 Å². The average molecular weight is 564 g/mol. The molecule has 0 atom stereocenters. The first-order valence-electron chi connectivity index (χ1n) is 12.9. The van der Waals surface area contributed by atoms with Crippen LogP contribution in [-0.4, -0.2) is 23.5 Å². The molecule has 202 valence electrons. The Kier molecular flexibility index (Phi) is 8.61. The van der Waals surface area contributed by atoms with Crippen molar-refractivity contribution in [1.29, 1.82) is 0 Å². The van der Waals surface area contributed by atoms with Crippen molar-refractivity contribution in [2.75, 3.05) is 5.32 Å². The minimum atomic E-state index is -2.70. The molecule has 1 aromatic heterocycles. The van der Waals surface area contributed by atoms with Gasteiger partial charge in [0, 0.05) is 43.7 Å². The van der Waals surface area contributed by atoms with Crippen LogP contribution in [0.15, 0.2) is 74.1 Å². The van der Waals surface area contributed by atoms with E-state index < -0.39 is 7.40 Å². The first-order chi connectivity index (χ1) is 18.5. The second-order valence-electron chi connectivity index (χ2n) is 9.65. The number of allylic oxidation sites excluding steroid dienone is 2. The molecule has 39 heavy (non-hydrogen) atoms. The number of carbonyl (C=O) groups excluding carboxylic acids is 1. The van der Waals surface area contributed by atoms with Gasteiger partial charge in [-0.1, -0.05) is 26.0 Å². The molecule has 2 aromatic carbocycles. The van der Waals surface area contributed by atoms with Crippen LogP contribution in [0.4, 0.5) is 14.3 Å². The third kappa shape index (κ3) is 5.39. The van der Waals surface area contributed by atoms with Crippen molar-refractivity contribution >= 4 is 55.5 Å². The summed E-state index contributed by atoms with van der Waals surface area (Å²) in [6.45, 7) is 11.7. The molecule has 0 fully saturated rings. The number of benzene rings is 2. The van der Waals surface area contributed by atoms with Gasteiger partial charge in [0.15, 0.2) is 0 Å². The van der Waals surface area contributed by atoms with Crippen LogP contribution in [0.3, 0.4) is 0 Å². The van der Waals surface area contributed by atoms with Crippen LogP contribution in [0.5, 0.6) is 0 Å². The fourth-order valence-electron chi connectivity index (χ4n) is 5.45. The number of carbonyl (C=O) groups is 1. The lowest BCUT2D eigenvalue weighted by molar-refractivity contribution is 0.102. The van der Waals surface area contributed by atoms with E-state index in [0.717, 1.165) is 44.4 Å². The van der Waals surface area contributed by atoms with Crippen LogP contribution in [-0.2, 0) is 6.42 Å². The summed E-state index contributed by atoms with van der Waals surface area (Å²) in [5.74, 6) is -0.280. The molecular weight excluding hydrogens is 531 g/mol. The highest BCUT2D eigenvalue weighted by Crippen LogP contribution is 2.41. The molecule has 3 aromatic rings. The zero-order valence-electron chi connectivity index (χ0n) is 23.0. The number of hydrogen-bond donors (Lipinski definition) is 3. The quantitative estimate of drug-likeness (QED) is 0.197. The van der Waals surface area contributed by atoms with Gasteiger partial charge in [-0.25, -0.2) is 0 Å². The Morgan fingerprint density at radius 1 is 0.949 bits per heavy atom. The van der Waals surface area contributed by atoms with Crippen molar-refractivity contribution in [2.24, 2.45) is 4.99 Å². The van der Waals surface area contributed by atoms with Crippen molar-refractivity contribution in [1.82, 2.24) is 4.48 Å². The number of rotatable bonds is 7. The highest BCUT2D eigenvalue weighted by molar-refractivity contribution is 7.83. The summed E-state index contributed by atoms with van der Waals surface area (Å²) in [5, 5.41) is 2.90. The zero-order valence-corrected chi connectivity index (χ0v) is 24.8. The van der Waals surface area contributed by atoms with Crippen LogP contribution >= 0.6 is 25.3 Å². The smallest absolute Gasteiger partial charge is 0.329 e. The molecule has 4 rings (SSSR count). The maximum atomic E-state index is 14.6. The first kappa shape index (κ1) is 29.0. The van der Waals surface area contributed by atoms with Gasteiger partial charge < -0.3 is 9.79 Å². The SMILES string of the molecule is CCC1=C(C)/C(=C(\c2ccc(NC(=O)c3ccc(S)c(S)c3)cc2)c2c(C)c(CC)c(C)n2B(F)F)N=C1C. The predicted molar refractivity (Wildman–Crippen MR) is 164 cm³/mol. The van der Waals surface area contributed by atoms with Crippen LogP contribution in [0.2, 0.25) is 0 Å². The summed E-state index contributed by atoms with van der Waals surface area (Å²) in [5.41, 5.74) is 8.98. The molecular formula is C30H32BF2N3OS2. The molecule has 4 nitrogen and oxygen atoms in total. The Balaban J connectivity index is 1.85. The number of hydrogen-bond acceptors (Lipinski definition) is 4. The Bertz CT molecular complexity index is 1550. The molecule has 9 heteroatoms. The molecule has 0 saturated heterocycles. The topological polar surface area (TPSA) is 46.4 Å². The van der Waals surface area contributed by atoms with E-state index in [0.29, 0.717) is 50.1 Å². The van der Waals surface area contributed by atoms with E-state index >= 15 is 0 Å². The van der Waals surface area contributed by atoms with E-state index in [9.17, 15) is 13.4 Å². The first-order valence-corrected chi connectivity index (χ1v) is 13.8. The predicted octanol–water partition coefficient (Wildman–Crippen LogP) is 8.23. The number of nitrogens with one attached hydrogen (secondary N) is 1. The molecule has 0 spiro atoms. The molecule has 2 heterocycles. The number of thiol groups is 2. The van der Waals surface area contributed by atoms with Crippen molar-refractivity contribution < 1.29 is 13.4 Å². The molecule has 1 N–H and O–H groups in total. The van der Waals surface area contributed by atoms with Crippen LogP contribution in [0, 0.1) is 13.8 Å². The number of amides is 1. The van der Waals surface area contributed by atoms with E-state index in [4.69, 9.17) is 4.99 Å². The second-order valence-corrected chi connectivity index (χ2v) is 10.6. The normalized spacial score (nSPS) is 14.6. The lowest BCUT2D eigenvalue weighted by Crippen LogP contribution is -2.18. The van der Waals surface area contributed by atoms with Gasteiger partial charge in [0.2, 0.25) is 0 Å². The molecule has 0 aliphatic carbocycles. The van der Waals surface area contributed by atoms with Crippen molar-refractivity contribution in [3.63, 3.8) is 0 Å². The Labute approximate surface area is 240 Å². The fraction of sp³-hybridized carbons (Fsp3) is 0.267. The largest absolute Gasteiger partial charge is 0.677 e. The number of halogens is 2. The third-order valence-corrected chi connectivity index (χ3v) is 8.35. The molecule has 1 aliphatic rings. The highest BCUT2D eigenvalue weighted by Gasteiger charge is 2.32. The van der Waals surface area contributed by atoms with E-state index in [1.165, 1.54) is 0 Å². The average Bonchev–Trinajstić information content (AvgIpc) is 3.32. The maximum Gasteiger partial charge on any atom is 0.677 e. The van der Waals surface area contributed by atoms with Gasteiger partial charge in [-0.2, -0.15) is 0 Å². The van der Waals surface area contributed by atoms with Gasteiger partial charge >= 0.3 is 7.40 Å². The number of anilines is 1. The summed E-state index contributed by atoms with van der Waals surface area (Å²) >= 11 is 8.64. The standard InChI is InChI=1S/C30H32BF2N3OS2/c1-7-23-16(3)28(34-18(23)5)27(29-17(4)24(8-2)19(6)36(29)31(32)33)20-9-12-22(13-10-20)35-30(37)21-11-14-25(38)26(39)15-21/h9-15,38-39H,7-8H2,1-6H3,(H,35,37)/b28-27-. The number of nitrogens with zero attached hydrogens (tertiary/aromatic N) is 2. The van der Waals surface area contributed by atoms with Gasteiger partial charge in [0.05, 0.1) is 5.70 Å². The fourth-order valence-corrected chi connectivity index (χ4v) is 5.81. The van der Waals surface area contributed by atoms with Crippen LogP contribution in [0.25, 0.3) is 5.57 Å². The van der Waals surface area contributed by atoms with E-state index in [1.807, 2.05) is 39.8 Å². The minimum Gasteiger partial charge on any atom is -0.329 e. The minimum absolute atomic E-state index is 0.280. The Hall–Kier alpha value is -3.04. The van der Waals surface area contributed by atoms with Crippen LogP contribution < -0.4 is 5.32 Å². The van der Waals surface area contributed by atoms with Gasteiger partial charge in [-0.15, -0.1) is 25.3 Å². The van der Waals surface area contributed by atoms with Gasteiger partial charge in [0.25, 0.3) is 5.91 Å². The molecule has 0 unspecified atom stereocenters. The van der Waals surface area contributed by atoms with Gasteiger partial charge in [-0.05, 0) is 98.7 Å². The van der Waals surface area contributed by atoms with Gasteiger partial charge in [0.1, 0.15) is 0 Å². The van der Waals surface area contributed by atoms with Crippen LogP contribution in [0.1, 0.15) is 72.6 Å². The van der Waals surface area contributed by atoms with Gasteiger partial charge in [-0.3, -0.25) is 18.4 Å². The lowest BCUT2D eigenvalue weighted by atomic mass is 9.92. The molecule has 0 bridgehead atoms. The summed E-state index contributed by atoms with van der Waals surface area (Å²) in [7, 11) is -2.70. The van der Waals surface area contributed by atoms with Crippen molar-refractivity contribution in [3.8, 4) is 0 Å². The molecule has 0 radical (unpaired) electrons. The monoisotopic (exact) mass is 563 g/mol. The second kappa shape index (κ2) is 11.6. The molecule has 1 aliphatic heterocycles. The summed E-state index contributed by atoms with van der Waals surface area (Å²) < 4.78 is 30.2. The number of aromatic nitrogens is 1. The summed E-state index contributed by atoms with van der Waals surface area (Å²) in [6.07, 6.45) is 1.46. The Morgan fingerprint density at radius 3 is 2.13 bits per heavy atom. The molecule has 1 amide bonds. The molecule has 0 saturated carbocycles. The zero-order chi connectivity index (χ0) is 28.6. The van der Waals surface area contributed by atoms with E-state index in [-0.39, 0.29) is 5.91 Å².